The Bertz CT molecular complexity index is 442. The summed E-state index contributed by atoms with van der Waals surface area (Å²) in [7, 11) is 0. The van der Waals surface area contributed by atoms with Crippen LogP contribution < -0.4 is 0 Å². The summed E-state index contributed by atoms with van der Waals surface area (Å²) in [6.45, 7) is 5.88. The zero-order valence-electron chi connectivity index (χ0n) is 10.5. The highest BCUT2D eigenvalue weighted by atomic mass is 79.9. The normalized spacial score (nSPS) is 21.3. The molecule has 3 rings (SSSR count). The van der Waals surface area contributed by atoms with Gasteiger partial charge < -0.3 is 4.90 Å². The van der Waals surface area contributed by atoms with Gasteiger partial charge in [-0.25, -0.2) is 0 Å². The lowest BCUT2D eigenvalue weighted by Crippen LogP contribution is -2.49. The van der Waals surface area contributed by atoms with Gasteiger partial charge in [-0.05, 0) is 47.3 Å². The number of rotatable bonds is 2. The lowest BCUT2D eigenvalue weighted by molar-refractivity contribution is 0.0632. The number of carbonyl (C=O) groups is 1. The smallest absolute Gasteiger partial charge is 0.264 e. The van der Waals surface area contributed by atoms with Crippen molar-refractivity contribution in [2.24, 2.45) is 0 Å². The van der Waals surface area contributed by atoms with Crippen molar-refractivity contribution in [2.75, 3.05) is 26.2 Å². The number of piperazine rings is 1. The molecule has 2 heterocycles. The van der Waals surface area contributed by atoms with Gasteiger partial charge in [-0.2, -0.15) is 0 Å². The third kappa shape index (κ3) is 2.49. The maximum atomic E-state index is 12.4. The summed E-state index contributed by atoms with van der Waals surface area (Å²) in [5, 5.41) is 0. The van der Waals surface area contributed by atoms with Crippen LogP contribution in [0.25, 0.3) is 0 Å². The lowest BCUT2D eigenvalue weighted by atomic mass is 10.2. The largest absolute Gasteiger partial charge is 0.335 e. The first-order valence-electron chi connectivity index (χ1n) is 6.44. The van der Waals surface area contributed by atoms with Crippen LogP contribution in [0.4, 0.5) is 0 Å². The fourth-order valence-corrected chi connectivity index (χ4v) is 3.95. The molecular formula is C13H17BrN2OS. The molecule has 0 N–H and O–H groups in total. The average molecular weight is 329 g/mol. The molecule has 0 atom stereocenters. The second-order valence-electron chi connectivity index (χ2n) is 5.13. The van der Waals surface area contributed by atoms with Crippen LogP contribution in [0.5, 0.6) is 0 Å². The molecule has 1 aromatic rings. The van der Waals surface area contributed by atoms with Gasteiger partial charge >= 0.3 is 0 Å². The maximum Gasteiger partial charge on any atom is 0.264 e. The topological polar surface area (TPSA) is 23.6 Å². The van der Waals surface area contributed by atoms with Crippen LogP contribution in [0.1, 0.15) is 28.1 Å². The number of aryl methyl sites for hydroxylation is 1. The summed E-state index contributed by atoms with van der Waals surface area (Å²) in [5.41, 5.74) is 1.15. The van der Waals surface area contributed by atoms with Crippen LogP contribution in [0.3, 0.4) is 0 Å². The highest BCUT2D eigenvalue weighted by Crippen LogP contribution is 2.30. The summed E-state index contributed by atoms with van der Waals surface area (Å²) >= 11 is 5.03. The summed E-state index contributed by atoms with van der Waals surface area (Å²) in [4.78, 5) is 17.7. The minimum Gasteiger partial charge on any atom is -0.335 e. The molecule has 1 saturated carbocycles. The number of nitrogens with zero attached hydrogens (tertiary/aromatic N) is 2. The number of hydrogen-bond donors (Lipinski definition) is 0. The molecule has 3 nitrogen and oxygen atoms in total. The predicted molar refractivity (Wildman–Crippen MR) is 77.3 cm³/mol. The van der Waals surface area contributed by atoms with Gasteiger partial charge in [0.2, 0.25) is 0 Å². The minimum absolute atomic E-state index is 0.198. The molecule has 1 aliphatic carbocycles. The van der Waals surface area contributed by atoms with Crippen molar-refractivity contribution in [3.63, 3.8) is 0 Å². The van der Waals surface area contributed by atoms with Gasteiger partial charge in [0.1, 0.15) is 0 Å². The van der Waals surface area contributed by atoms with Gasteiger partial charge in [0.05, 0.1) is 8.66 Å². The second kappa shape index (κ2) is 4.94. The number of thiophene rings is 1. The molecule has 2 aliphatic rings. The van der Waals surface area contributed by atoms with E-state index in [2.05, 4.69) is 20.8 Å². The van der Waals surface area contributed by atoms with E-state index in [0.29, 0.717) is 0 Å². The van der Waals surface area contributed by atoms with E-state index in [1.807, 2.05) is 17.9 Å². The maximum absolute atomic E-state index is 12.4. The third-order valence-corrected chi connectivity index (χ3v) is 5.86. The van der Waals surface area contributed by atoms with Crippen molar-refractivity contribution >= 4 is 33.2 Å². The van der Waals surface area contributed by atoms with Crippen molar-refractivity contribution in [3.8, 4) is 0 Å². The van der Waals surface area contributed by atoms with Crippen molar-refractivity contribution < 1.29 is 4.79 Å². The fourth-order valence-electron chi connectivity index (χ4n) is 2.45. The Kier molecular flexibility index (Phi) is 3.47. The van der Waals surface area contributed by atoms with E-state index >= 15 is 0 Å². The Labute approximate surface area is 120 Å². The van der Waals surface area contributed by atoms with Gasteiger partial charge in [-0.15, -0.1) is 11.3 Å². The van der Waals surface area contributed by atoms with Crippen LogP contribution in [-0.4, -0.2) is 47.9 Å². The zero-order valence-corrected chi connectivity index (χ0v) is 12.9. The summed E-state index contributed by atoms with van der Waals surface area (Å²) in [6.07, 6.45) is 2.70. The Morgan fingerprint density at radius 3 is 2.50 bits per heavy atom. The van der Waals surface area contributed by atoms with Gasteiger partial charge in [-0.3, -0.25) is 9.69 Å². The standard InChI is InChI=1S/C13H17BrN2OS/c1-9-8-11(18-12(9)14)13(17)16-6-4-15(5-7-16)10-2-3-10/h8,10H,2-7H2,1H3. The molecule has 5 heteroatoms. The second-order valence-corrected chi connectivity index (χ2v) is 7.50. The molecule has 18 heavy (non-hydrogen) atoms. The van der Waals surface area contributed by atoms with Crippen LogP contribution >= 0.6 is 27.3 Å². The number of carbonyl (C=O) groups excluding carboxylic acids is 1. The van der Waals surface area contributed by atoms with E-state index in [0.717, 1.165) is 46.4 Å². The van der Waals surface area contributed by atoms with Crippen molar-refractivity contribution in [3.05, 3.63) is 20.3 Å². The first-order chi connectivity index (χ1) is 8.65. The van der Waals surface area contributed by atoms with Gasteiger partial charge in [0, 0.05) is 32.2 Å². The number of halogens is 1. The molecule has 98 valence electrons. The SMILES string of the molecule is Cc1cc(C(=O)N2CCN(C3CC3)CC2)sc1Br. The quantitative estimate of drug-likeness (QED) is 0.833. The highest BCUT2D eigenvalue weighted by Gasteiger charge is 2.32. The molecule has 0 radical (unpaired) electrons. The molecule has 0 spiro atoms. The molecular weight excluding hydrogens is 312 g/mol. The summed E-state index contributed by atoms with van der Waals surface area (Å²) < 4.78 is 1.07. The van der Waals surface area contributed by atoms with Crippen LogP contribution in [0.2, 0.25) is 0 Å². The Balaban J connectivity index is 1.63. The lowest BCUT2D eigenvalue weighted by Gasteiger charge is -2.34. The third-order valence-electron chi connectivity index (χ3n) is 3.73. The van der Waals surface area contributed by atoms with E-state index < -0.39 is 0 Å². The fraction of sp³-hybridized carbons (Fsp3) is 0.615. The minimum atomic E-state index is 0.198. The zero-order chi connectivity index (χ0) is 12.7. The van der Waals surface area contributed by atoms with Crippen LogP contribution in [-0.2, 0) is 0 Å². The molecule has 1 aliphatic heterocycles. The van der Waals surface area contributed by atoms with E-state index in [9.17, 15) is 4.79 Å². The molecule has 1 amide bonds. The Morgan fingerprint density at radius 2 is 2.00 bits per heavy atom. The Morgan fingerprint density at radius 1 is 1.33 bits per heavy atom. The van der Waals surface area contributed by atoms with Gasteiger partial charge in [0.25, 0.3) is 5.91 Å². The first-order valence-corrected chi connectivity index (χ1v) is 8.05. The number of hydrogen-bond acceptors (Lipinski definition) is 3. The van der Waals surface area contributed by atoms with Gasteiger partial charge in [-0.1, -0.05) is 0 Å². The van der Waals surface area contributed by atoms with E-state index in [1.165, 1.54) is 12.8 Å². The van der Waals surface area contributed by atoms with Crippen LogP contribution in [0, 0.1) is 6.92 Å². The van der Waals surface area contributed by atoms with Crippen molar-refractivity contribution in [1.82, 2.24) is 9.80 Å². The molecule has 2 fully saturated rings. The first kappa shape index (κ1) is 12.6. The van der Waals surface area contributed by atoms with Crippen LogP contribution in [0.15, 0.2) is 9.85 Å². The van der Waals surface area contributed by atoms with E-state index in [4.69, 9.17) is 0 Å². The monoisotopic (exact) mass is 328 g/mol. The molecule has 1 aromatic heterocycles. The number of amides is 1. The summed E-state index contributed by atoms with van der Waals surface area (Å²) in [5.74, 6) is 0.198. The van der Waals surface area contributed by atoms with E-state index in [1.54, 1.807) is 11.3 Å². The van der Waals surface area contributed by atoms with Crippen molar-refractivity contribution in [2.45, 2.75) is 25.8 Å². The highest BCUT2D eigenvalue weighted by molar-refractivity contribution is 9.11. The van der Waals surface area contributed by atoms with Crippen molar-refractivity contribution in [1.29, 1.82) is 0 Å². The molecule has 0 unspecified atom stereocenters. The van der Waals surface area contributed by atoms with Gasteiger partial charge in [0.15, 0.2) is 0 Å². The molecule has 1 saturated heterocycles. The molecule has 0 aromatic carbocycles. The van der Waals surface area contributed by atoms with E-state index in [-0.39, 0.29) is 5.91 Å². The predicted octanol–water partition coefficient (Wildman–Crippen LogP) is 2.74. The molecule has 0 bridgehead atoms. The summed E-state index contributed by atoms with van der Waals surface area (Å²) in [6, 6.07) is 2.81. The Hall–Kier alpha value is -0.390. The average Bonchev–Trinajstić information content (AvgIpc) is 3.16.